The van der Waals surface area contributed by atoms with Crippen molar-refractivity contribution in [3.8, 4) is 5.88 Å². The van der Waals surface area contributed by atoms with E-state index in [0.717, 1.165) is 25.3 Å². The van der Waals surface area contributed by atoms with E-state index >= 15 is 4.39 Å². The van der Waals surface area contributed by atoms with Gasteiger partial charge in [-0.25, -0.2) is 18.7 Å². The van der Waals surface area contributed by atoms with Gasteiger partial charge in [0.05, 0.1) is 35.9 Å². The molecule has 10 heteroatoms. The van der Waals surface area contributed by atoms with E-state index < -0.39 is 17.2 Å². The first-order valence-electron chi connectivity index (χ1n) is 11.7. The molecule has 1 aromatic carbocycles. The van der Waals surface area contributed by atoms with Crippen molar-refractivity contribution in [3.63, 3.8) is 0 Å². The van der Waals surface area contributed by atoms with Gasteiger partial charge in [-0.2, -0.15) is 0 Å². The highest BCUT2D eigenvalue weighted by molar-refractivity contribution is 8.15. The van der Waals surface area contributed by atoms with Crippen LogP contribution in [0.5, 0.6) is 5.88 Å². The van der Waals surface area contributed by atoms with E-state index in [0.29, 0.717) is 35.7 Å². The Labute approximate surface area is 206 Å². The van der Waals surface area contributed by atoms with E-state index in [1.807, 2.05) is 0 Å². The number of aromatic nitrogens is 2. The molecule has 35 heavy (non-hydrogen) atoms. The van der Waals surface area contributed by atoms with Crippen LogP contribution in [0, 0.1) is 23.5 Å². The third-order valence-corrected chi connectivity index (χ3v) is 8.62. The lowest BCUT2D eigenvalue weighted by molar-refractivity contribution is 0.0987. The molecule has 0 bridgehead atoms. The van der Waals surface area contributed by atoms with Crippen LogP contribution in [-0.2, 0) is 16.7 Å². The highest BCUT2D eigenvalue weighted by Crippen LogP contribution is 2.66. The number of carbonyl (C=O) groups excluding carboxylic acids is 1. The summed E-state index contributed by atoms with van der Waals surface area (Å²) in [7, 11) is 1.60. The Morgan fingerprint density at radius 1 is 1.26 bits per heavy atom. The summed E-state index contributed by atoms with van der Waals surface area (Å²) in [6, 6.07) is 2.56. The summed E-state index contributed by atoms with van der Waals surface area (Å²) in [6.07, 6.45) is 6.89. The number of nitrogens with zero attached hydrogens (tertiary/aromatic N) is 3. The van der Waals surface area contributed by atoms with E-state index in [9.17, 15) is 9.18 Å². The van der Waals surface area contributed by atoms with Crippen LogP contribution in [0.15, 0.2) is 29.5 Å². The first kappa shape index (κ1) is 24.1. The molecule has 2 saturated carbocycles. The van der Waals surface area contributed by atoms with Gasteiger partial charge in [0.15, 0.2) is 22.6 Å². The van der Waals surface area contributed by atoms with Crippen molar-refractivity contribution in [3.05, 3.63) is 53.0 Å². The quantitative estimate of drug-likeness (QED) is 0.517. The molecule has 0 unspecified atom stereocenters. The Morgan fingerprint density at radius 2 is 2.06 bits per heavy atom. The number of carbonyl (C=O) groups is 1. The van der Waals surface area contributed by atoms with E-state index in [1.54, 1.807) is 14.0 Å². The molecule has 7 nitrogen and oxygen atoms in total. The maximum Gasteiger partial charge on any atom is 0.232 e. The van der Waals surface area contributed by atoms with E-state index in [2.05, 4.69) is 15.0 Å². The molecule has 2 aromatic rings. The van der Waals surface area contributed by atoms with Crippen LogP contribution >= 0.6 is 11.8 Å². The van der Waals surface area contributed by atoms with Crippen molar-refractivity contribution in [1.29, 1.82) is 0 Å². The zero-order chi connectivity index (χ0) is 24.8. The topological polar surface area (TPSA) is 99.7 Å². The molecule has 1 aromatic heterocycles. The van der Waals surface area contributed by atoms with Crippen molar-refractivity contribution in [1.82, 2.24) is 9.97 Å². The third-order valence-electron chi connectivity index (χ3n) is 7.35. The second kappa shape index (κ2) is 9.13. The van der Waals surface area contributed by atoms with E-state index in [1.165, 1.54) is 36.6 Å². The average molecular weight is 503 g/mol. The summed E-state index contributed by atoms with van der Waals surface area (Å²) >= 11 is 1.42. The van der Waals surface area contributed by atoms with Crippen LogP contribution in [0.25, 0.3) is 0 Å². The predicted octanol–water partition coefficient (Wildman–Crippen LogP) is 4.04. The van der Waals surface area contributed by atoms with Gasteiger partial charge in [0.1, 0.15) is 5.69 Å². The SMILES string of the molecule is COC[C@]12C[C@H]1[C@@](C)(c1cc(CC(=O)c3cnc(OCC4CCC4)cn3)cc(F)c1F)N=C(N)S2. The summed E-state index contributed by atoms with van der Waals surface area (Å²) in [5.74, 6) is -1.50. The standard InChI is InChI=1S/C25H28F2N4O3S/c1-24(20-9-25(20,13-33-2)35-23(28)31-24)16-6-15(7-17(26)22(16)27)8-19(32)18-10-30-21(11-29-18)34-12-14-4-3-5-14/h6-7,10-11,14,20H,3-5,8-9,12-13H2,1-2H3,(H2,28,31)/t20-,24+,25+/m0/s1. The minimum Gasteiger partial charge on any atom is -0.476 e. The largest absolute Gasteiger partial charge is 0.476 e. The van der Waals surface area contributed by atoms with Gasteiger partial charge in [-0.05, 0) is 49.8 Å². The van der Waals surface area contributed by atoms with Gasteiger partial charge in [-0.15, -0.1) is 0 Å². The first-order valence-corrected chi connectivity index (χ1v) is 12.6. The monoisotopic (exact) mass is 502 g/mol. The minimum absolute atomic E-state index is 0.0644. The van der Waals surface area contributed by atoms with Crippen LogP contribution in [0.2, 0.25) is 0 Å². The van der Waals surface area contributed by atoms with Gasteiger partial charge >= 0.3 is 0 Å². The fourth-order valence-corrected chi connectivity index (χ4v) is 6.57. The number of ketones is 1. The number of rotatable bonds is 9. The highest BCUT2D eigenvalue weighted by Gasteiger charge is 2.66. The van der Waals surface area contributed by atoms with Gasteiger partial charge in [-0.1, -0.05) is 18.2 Å². The Balaban J connectivity index is 1.35. The molecular formula is C25H28F2N4O3S. The Bertz CT molecular complexity index is 1170. The van der Waals surface area contributed by atoms with Gasteiger partial charge < -0.3 is 15.2 Å². The normalized spacial score (nSPS) is 27.5. The summed E-state index contributed by atoms with van der Waals surface area (Å²) < 4.78 is 40.4. The van der Waals surface area contributed by atoms with Crippen molar-refractivity contribution < 1.29 is 23.0 Å². The van der Waals surface area contributed by atoms with Gasteiger partial charge in [0.2, 0.25) is 5.88 Å². The number of amidine groups is 1. The molecule has 0 amide bonds. The van der Waals surface area contributed by atoms with Crippen LogP contribution in [-0.4, -0.2) is 46.0 Å². The zero-order valence-electron chi connectivity index (χ0n) is 19.7. The number of Topliss-reactive ketones (excluding diaryl/α,β-unsaturated/α-hetero) is 1. The summed E-state index contributed by atoms with van der Waals surface area (Å²) in [4.78, 5) is 25.7. The summed E-state index contributed by atoms with van der Waals surface area (Å²) in [6.45, 7) is 2.80. The number of benzene rings is 1. The maximum atomic E-state index is 15.1. The summed E-state index contributed by atoms with van der Waals surface area (Å²) in [5, 5.41) is 0.314. The van der Waals surface area contributed by atoms with E-state index in [4.69, 9.17) is 15.2 Å². The van der Waals surface area contributed by atoms with Crippen LogP contribution in [0.1, 0.15) is 54.2 Å². The minimum atomic E-state index is -1.06. The Morgan fingerprint density at radius 3 is 2.71 bits per heavy atom. The fourth-order valence-electron chi connectivity index (χ4n) is 5.12. The molecular weight excluding hydrogens is 474 g/mol. The molecule has 2 N–H and O–H groups in total. The second-order valence-electron chi connectivity index (χ2n) is 9.84. The number of hydrogen-bond donors (Lipinski definition) is 1. The summed E-state index contributed by atoms with van der Waals surface area (Å²) in [5.41, 5.74) is 5.59. The molecule has 2 fully saturated rings. The zero-order valence-corrected chi connectivity index (χ0v) is 20.5. The number of nitrogens with two attached hydrogens (primary N) is 1. The lowest BCUT2D eigenvalue weighted by Crippen LogP contribution is -2.38. The van der Waals surface area contributed by atoms with Crippen LogP contribution in [0.3, 0.4) is 0 Å². The Kier molecular flexibility index (Phi) is 6.29. The number of methoxy groups -OCH3 is 1. The highest BCUT2D eigenvalue weighted by atomic mass is 32.2. The number of ether oxygens (including phenoxy) is 2. The molecule has 2 aliphatic carbocycles. The molecule has 3 atom stereocenters. The third kappa shape index (κ3) is 4.53. The molecule has 0 radical (unpaired) electrons. The number of thioether (sulfide) groups is 1. The van der Waals surface area contributed by atoms with Gasteiger partial charge in [-0.3, -0.25) is 9.79 Å². The molecule has 5 rings (SSSR count). The van der Waals surface area contributed by atoms with Crippen molar-refractivity contribution in [2.45, 2.75) is 49.3 Å². The predicted molar refractivity (Wildman–Crippen MR) is 129 cm³/mol. The van der Waals surface area contributed by atoms with E-state index in [-0.39, 0.29) is 34.1 Å². The lowest BCUT2D eigenvalue weighted by Gasteiger charge is -2.34. The molecule has 0 saturated heterocycles. The smallest absolute Gasteiger partial charge is 0.232 e. The molecule has 3 aliphatic rings. The van der Waals surface area contributed by atoms with Crippen molar-refractivity contribution in [2.75, 3.05) is 20.3 Å². The molecule has 0 spiro atoms. The van der Waals surface area contributed by atoms with Gasteiger partial charge in [0.25, 0.3) is 0 Å². The average Bonchev–Trinajstić information content (AvgIpc) is 3.50. The van der Waals surface area contributed by atoms with Gasteiger partial charge in [0, 0.05) is 25.0 Å². The molecule has 186 valence electrons. The lowest BCUT2D eigenvalue weighted by atomic mass is 9.84. The molecule has 1 aliphatic heterocycles. The van der Waals surface area contributed by atoms with Crippen LogP contribution in [0.4, 0.5) is 8.78 Å². The number of hydrogen-bond acceptors (Lipinski definition) is 8. The van der Waals surface area contributed by atoms with Crippen molar-refractivity contribution >= 4 is 22.7 Å². The number of fused-ring (bicyclic) bond motifs is 1. The maximum absolute atomic E-state index is 15.1. The van der Waals surface area contributed by atoms with Crippen LogP contribution < -0.4 is 10.5 Å². The number of halogens is 2. The molecule has 2 heterocycles. The first-order chi connectivity index (χ1) is 16.7. The second-order valence-corrected chi connectivity index (χ2v) is 11.3. The Hall–Kier alpha value is -2.59. The van der Waals surface area contributed by atoms with Crippen molar-refractivity contribution in [2.24, 2.45) is 22.6 Å². The number of aliphatic imine (C=N–C) groups is 1. The fraction of sp³-hybridized carbons (Fsp3) is 0.520.